The normalized spacial score (nSPS) is 16.2. The molecule has 3 aromatic rings. The summed E-state index contributed by atoms with van der Waals surface area (Å²) in [6.07, 6.45) is 0. The number of hydrogen-bond donors (Lipinski definition) is 1. The number of benzene rings is 3. The lowest BCUT2D eigenvalue weighted by molar-refractivity contribution is -0.121. The number of hydrogen-bond acceptors (Lipinski definition) is 4. The minimum absolute atomic E-state index is 0.0331. The molecule has 1 aliphatic rings. The SMILES string of the molecule is C[C@H](C(=O)Nc1ccc2ccccc2c1)N1CCN(CCOc2ccccc2Cl)CC1. The maximum Gasteiger partial charge on any atom is 0.241 e. The van der Waals surface area contributed by atoms with Crippen molar-refractivity contribution in [3.8, 4) is 5.75 Å². The second-order valence-corrected chi connectivity index (χ2v) is 8.29. The number of fused-ring (bicyclic) bond motifs is 1. The van der Waals surface area contributed by atoms with E-state index in [0.717, 1.165) is 49.5 Å². The van der Waals surface area contributed by atoms with Gasteiger partial charge in [0.05, 0.1) is 11.1 Å². The molecule has 31 heavy (non-hydrogen) atoms. The Bertz CT molecular complexity index is 1030. The van der Waals surface area contributed by atoms with Crippen LogP contribution in [0, 0.1) is 0 Å². The van der Waals surface area contributed by atoms with Crippen LogP contribution < -0.4 is 10.1 Å². The third kappa shape index (κ3) is 5.56. The van der Waals surface area contributed by atoms with Crippen molar-refractivity contribution in [3.05, 3.63) is 71.8 Å². The molecule has 0 aromatic heterocycles. The second-order valence-electron chi connectivity index (χ2n) is 7.88. The van der Waals surface area contributed by atoms with Crippen molar-refractivity contribution in [1.29, 1.82) is 0 Å². The highest BCUT2D eigenvalue weighted by Crippen LogP contribution is 2.23. The Labute approximate surface area is 188 Å². The predicted molar refractivity (Wildman–Crippen MR) is 127 cm³/mol. The minimum atomic E-state index is -0.173. The number of halogens is 1. The van der Waals surface area contributed by atoms with Crippen LogP contribution in [0.15, 0.2) is 66.7 Å². The fourth-order valence-electron chi connectivity index (χ4n) is 3.90. The molecule has 0 saturated carbocycles. The zero-order valence-corrected chi connectivity index (χ0v) is 18.5. The number of carbonyl (C=O) groups excluding carboxylic acids is 1. The third-order valence-electron chi connectivity index (χ3n) is 5.85. The fraction of sp³-hybridized carbons (Fsp3) is 0.320. The van der Waals surface area contributed by atoms with E-state index < -0.39 is 0 Å². The maximum atomic E-state index is 12.8. The molecule has 1 heterocycles. The molecule has 1 N–H and O–H groups in total. The first-order valence-electron chi connectivity index (χ1n) is 10.7. The topological polar surface area (TPSA) is 44.8 Å². The number of para-hydroxylation sites is 1. The van der Waals surface area contributed by atoms with Gasteiger partial charge >= 0.3 is 0 Å². The number of rotatable bonds is 7. The van der Waals surface area contributed by atoms with Crippen molar-refractivity contribution in [3.63, 3.8) is 0 Å². The van der Waals surface area contributed by atoms with Crippen LogP contribution in [0.2, 0.25) is 5.02 Å². The van der Waals surface area contributed by atoms with Crippen molar-refractivity contribution < 1.29 is 9.53 Å². The summed E-state index contributed by atoms with van der Waals surface area (Å²) in [5.74, 6) is 0.757. The molecule has 1 amide bonds. The zero-order chi connectivity index (χ0) is 21.6. The lowest BCUT2D eigenvalue weighted by Crippen LogP contribution is -2.53. The predicted octanol–water partition coefficient (Wildman–Crippen LogP) is 4.52. The number of nitrogens with zero attached hydrogens (tertiary/aromatic N) is 2. The van der Waals surface area contributed by atoms with E-state index in [0.29, 0.717) is 11.6 Å². The van der Waals surface area contributed by atoms with Gasteiger partial charge in [-0.3, -0.25) is 14.6 Å². The summed E-state index contributed by atoms with van der Waals surface area (Å²) >= 11 is 6.13. The van der Waals surface area contributed by atoms with Gasteiger partial charge in [-0.2, -0.15) is 0 Å². The average Bonchev–Trinajstić information content (AvgIpc) is 2.80. The van der Waals surface area contributed by atoms with Crippen molar-refractivity contribution in [2.24, 2.45) is 0 Å². The number of piperazine rings is 1. The van der Waals surface area contributed by atoms with E-state index >= 15 is 0 Å². The molecule has 1 atom stereocenters. The fourth-order valence-corrected chi connectivity index (χ4v) is 4.09. The van der Waals surface area contributed by atoms with Gasteiger partial charge in [0, 0.05) is 38.4 Å². The van der Waals surface area contributed by atoms with Crippen LogP contribution >= 0.6 is 11.6 Å². The Hall–Kier alpha value is -2.60. The van der Waals surface area contributed by atoms with Gasteiger partial charge in [-0.25, -0.2) is 0 Å². The van der Waals surface area contributed by atoms with Gasteiger partial charge in [-0.1, -0.05) is 54.1 Å². The van der Waals surface area contributed by atoms with Gasteiger partial charge in [0.25, 0.3) is 0 Å². The molecule has 0 spiro atoms. The molecule has 162 valence electrons. The minimum Gasteiger partial charge on any atom is -0.491 e. The number of carbonyl (C=O) groups is 1. The van der Waals surface area contributed by atoms with Crippen LogP contribution in [0.1, 0.15) is 6.92 Å². The summed E-state index contributed by atoms with van der Waals surface area (Å²) in [4.78, 5) is 17.4. The molecule has 1 fully saturated rings. The Morgan fingerprint density at radius 3 is 2.48 bits per heavy atom. The molecule has 0 unspecified atom stereocenters. The van der Waals surface area contributed by atoms with Gasteiger partial charge in [0.15, 0.2) is 0 Å². The molecule has 0 radical (unpaired) electrons. The van der Waals surface area contributed by atoms with Gasteiger partial charge in [0.1, 0.15) is 12.4 Å². The first kappa shape index (κ1) is 21.6. The van der Waals surface area contributed by atoms with E-state index in [9.17, 15) is 4.79 Å². The maximum absolute atomic E-state index is 12.8. The molecule has 1 aliphatic heterocycles. The highest BCUT2D eigenvalue weighted by Gasteiger charge is 2.25. The lowest BCUT2D eigenvalue weighted by atomic mass is 10.1. The zero-order valence-electron chi connectivity index (χ0n) is 17.8. The highest BCUT2D eigenvalue weighted by atomic mass is 35.5. The van der Waals surface area contributed by atoms with Gasteiger partial charge in [-0.05, 0) is 42.0 Å². The van der Waals surface area contributed by atoms with E-state index in [1.54, 1.807) is 0 Å². The number of ether oxygens (including phenoxy) is 1. The average molecular weight is 438 g/mol. The Morgan fingerprint density at radius 2 is 1.71 bits per heavy atom. The van der Waals surface area contributed by atoms with E-state index in [1.807, 2.05) is 61.5 Å². The van der Waals surface area contributed by atoms with E-state index in [4.69, 9.17) is 16.3 Å². The van der Waals surface area contributed by atoms with Crippen molar-refractivity contribution in [1.82, 2.24) is 9.80 Å². The smallest absolute Gasteiger partial charge is 0.241 e. The van der Waals surface area contributed by atoms with Crippen molar-refractivity contribution in [2.75, 3.05) is 44.6 Å². The second kappa shape index (κ2) is 10.1. The first-order valence-corrected chi connectivity index (χ1v) is 11.1. The largest absolute Gasteiger partial charge is 0.491 e. The van der Waals surface area contributed by atoms with Gasteiger partial charge in [-0.15, -0.1) is 0 Å². The van der Waals surface area contributed by atoms with E-state index in [-0.39, 0.29) is 11.9 Å². The van der Waals surface area contributed by atoms with Crippen LogP contribution in [-0.2, 0) is 4.79 Å². The summed E-state index contributed by atoms with van der Waals surface area (Å²) in [5, 5.41) is 6.01. The van der Waals surface area contributed by atoms with Crippen LogP contribution in [0.4, 0.5) is 5.69 Å². The highest BCUT2D eigenvalue weighted by molar-refractivity contribution is 6.32. The molecular formula is C25H28ClN3O2. The Balaban J connectivity index is 1.23. The summed E-state index contributed by atoms with van der Waals surface area (Å²) < 4.78 is 5.80. The summed E-state index contributed by atoms with van der Waals surface area (Å²) in [7, 11) is 0. The molecular weight excluding hydrogens is 410 g/mol. The number of amides is 1. The number of nitrogens with one attached hydrogen (secondary N) is 1. The summed E-state index contributed by atoms with van der Waals surface area (Å²) in [6.45, 7) is 6.97. The van der Waals surface area contributed by atoms with Crippen LogP contribution in [0.25, 0.3) is 10.8 Å². The monoisotopic (exact) mass is 437 g/mol. The van der Waals surface area contributed by atoms with E-state index in [1.165, 1.54) is 5.39 Å². The molecule has 4 rings (SSSR count). The standard InChI is InChI=1S/C25H28ClN3O2/c1-19(25(30)27-22-11-10-20-6-2-3-7-21(20)18-22)29-14-12-28(13-15-29)16-17-31-24-9-5-4-8-23(24)26/h2-11,18-19H,12-17H2,1H3,(H,27,30)/t19-/m1/s1. The van der Waals surface area contributed by atoms with Crippen molar-refractivity contribution >= 4 is 34.0 Å². The van der Waals surface area contributed by atoms with Crippen molar-refractivity contribution in [2.45, 2.75) is 13.0 Å². The van der Waals surface area contributed by atoms with Gasteiger partial charge < -0.3 is 10.1 Å². The molecule has 0 bridgehead atoms. The third-order valence-corrected chi connectivity index (χ3v) is 6.17. The van der Waals surface area contributed by atoms with Crippen LogP contribution in [0.3, 0.4) is 0 Å². The van der Waals surface area contributed by atoms with E-state index in [2.05, 4.69) is 27.2 Å². The molecule has 0 aliphatic carbocycles. The molecule has 6 heteroatoms. The Kier molecular flexibility index (Phi) is 7.07. The molecule has 5 nitrogen and oxygen atoms in total. The van der Waals surface area contributed by atoms with Crippen LogP contribution in [0.5, 0.6) is 5.75 Å². The van der Waals surface area contributed by atoms with Crippen LogP contribution in [-0.4, -0.2) is 61.1 Å². The summed E-state index contributed by atoms with van der Waals surface area (Å²) in [5.41, 5.74) is 0.839. The molecule has 1 saturated heterocycles. The Morgan fingerprint density at radius 1 is 1.00 bits per heavy atom. The first-order chi connectivity index (χ1) is 15.1. The lowest BCUT2D eigenvalue weighted by Gasteiger charge is -2.37. The number of anilines is 1. The quantitative estimate of drug-likeness (QED) is 0.590. The summed E-state index contributed by atoms with van der Waals surface area (Å²) in [6, 6.07) is 21.5. The molecule has 3 aromatic carbocycles. The van der Waals surface area contributed by atoms with Gasteiger partial charge in [0.2, 0.25) is 5.91 Å².